The topological polar surface area (TPSA) is 20.3 Å². The van der Waals surface area contributed by atoms with E-state index in [0.717, 1.165) is 18.5 Å². The molecule has 0 aliphatic heterocycles. The van der Waals surface area contributed by atoms with Crippen molar-refractivity contribution in [2.24, 2.45) is 5.92 Å². The molecule has 0 aliphatic rings. The Morgan fingerprint density at radius 3 is 2.19 bits per heavy atom. The molecule has 0 unspecified atom stereocenters. The van der Waals surface area contributed by atoms with Gasteiger partial charge in [-0.15, -0.1) is 0 Å². The molecular weight excluding hydrogens is 258 g/mol. The third kappa shape index (κ3) is 4.75. The summed E-state index contributed by atoms with van der Waals surface area (Å²) in [5.41, 5.74) is 2.30. The molecule has 0 aromatic heterocycles. The molecule has 2 rings (SSSR count). The molecule has 2 nitrogen and oxygen atoms in total. The molecule has 2 aromatic rings. The molecule has 1 atom stereocenters. The van der Waals surface area contributed by atoms with Crippen molar-refractivity contribution >= 4 is 11.6 Å². The highest BCUT2D eigenvalue weighted by Gasteiger charge is 2.14. The van der Waals surface area contributed by atoms with Crippen molar-refractivity contribution < 1.29 is 4.79 Å². The molecule has 2 heteroatoms. The predicted octanol–water partition coefficient (Wildman–Crippen LogP) is 4.31. The molecule has 0 aliphatic carbocycles. The number of hydrogen-bond acceptors (Lipinski definition) is 1. The fraction of sp³-hybridized carbons (Fsp3) is 0.316. The molecule has 2 aromatic carbocycles. The average molecular weight is 281 g/mol. The molecule has 0 saturated heterocycles. The number of hydrogen-bond donors (Lipinski definition) is 0. The van der Waals surface area contributed by atoms with Crippen LogP contribution in [0.3, 0.4) is 0 Å². The highest BCUT2D eigenvalue weighted by Crippen LogP contribution is 2.17. The Hall–Kier alpha value is -2.09. The van der Waals surface area contributed by atoms with Gasteiger partial charge in [-0.2, -0.15) is 0 Å². The maximum absolute atomic E-state index is 12.3. The van der Waals surface area contributed by atoms with Gasteiger partial charge in [0.1, 0.15) is 0 Å². The van der Waals surface area contributed by atoms with Gasteiger partial charge in [0.15, 0.2) is 0 Å². The summed E-state index contributed by atoms with van der Waals surface area (Å²) in [6, 6.07) is 20.3. The van der Waals surface area contributed by atoms with Crippen molar-refractivity contribution in [3.8, 4) is 0 Å². The Bertz CT molecular complexity index is 550. The molecule has 0 fully saturated rings. The second-order valence-corrected chi connectivity index (χ2v) is 5.62. The summed E-state index contributed by atoms with van der Waals surface area (Å²) in [4.78, 5) is 14.0. The maximum atomic E-state index is 12.3. The monoisotopic (exact) mass is 281 g/mol. The number of carbonyl (C=O) groups excluding carboxylic acids is 1. The zero-order valence-corrected chi connectivity index (χ0v) is 12.8. The minimum atomic E-state index is 0.182. The third-order valence-electron chi connectivity index (χ3n) is 3.81. The van der Waals surface area contributed by atoms with Crippen molar-refractivity contribution in [3.63, 3.8) is 0 Å². The van der Waals surface area contributed by atoms with Crippen molar-refractivity contribution in [1.82, 2.24) is 0 Å². The van der Waals surface area contributed by atoms with E-state index in [1.165, 1.54) is 5.56 Å². The van der Waals surface area contributed by atoms with Crippen LogP contribution in [0.15, 0.2) is 60.7 Å². The zero-order chi connectivity index (χ0) is 15.1. The standard InChI is InChI=1S/C19H23NO/c1-16(13-14-17-9-5-3-6-10-17)15-19(21)20(2)18-11-7-4-8-12-18/h3-12,16H,13-15H2,1-2H3/t16-/m0/s1. The van der Waals surface area contributed by atoms with Crippen LogP contribution in [0, 0.1) is 5.92 Å². The number of para-hydroxylation sites is 1. The lowest BCUT2D eigenvalue weighted by atomic mass is 9.97. The van der Waals surface area contributed by atoms with E-state index in [1.807, 2.05) is 43.4 Å². The molecule has 110 valence electrons. The summed E-state index contributed by atoms with van der Waals surface area (Å²) in [6.45, 7) is 2.15. The summed E-state index contributed by atoms with van der Waals surface area (Å²) in [7, 11) is 1.85. The van der Waals surface area contributed by atoms with Gasteiger partial charge in [0.25, 0.3) is 0 Å². The van der Waals surface area contributed by atoms with E-state index in [4.69, 9.17) is 0 Å². The second-order valence-electron chi connectivity index (χ2n) is 5.62. The molecule has 0 bridgehead atoms. The van der Waals surface area contributed by atoms with Crippen LogP contribution >= 0.6 is 0 Å². The number of rotatable bonds is 6. The zero-order valence-electron chi connectivity index (χ0n) is 12.8. The minimum absolute atomic E-state index is 0.182. The van der Waals surface area contributed by atoms with Crippen LogP contribution in [0.2, 0.25) is 0 Å². The van der Waals surface area contributed by atoms with Gasteiger partial charge in [-0.05, 0) is 36.5 Å². The van der Waals surface area contributed by atoms with Crippen LogP contribution < -0.4 is 4.90 Å². The average Bonchev–Trinajstić information content (AvgIpc) is 2.54. The fourth-order valence-corrected chi connectivity index (χ4v) is 2.39. The van der Waals surface area contributed by atoms with E-state index in [0.29, 0.717) is 12.3 Å². The molecule has 0 spiro atoms. The van der Waals surface area contributed by atoms with Crippen LogP contribution in [0.1, 0.15) is 25.3 Å². The largest absolute Gasteiger partial charge is 0.315 e. The van der Waals surface area contributed by atoms with Crippen LogP contribution in [-0.2, 0) is 11.2 Å². The Kier molecular flexibility index (Phi) is 5.56. The van der Waals surface area contributed by atoms with Crippen LogP contribution in [0.25, 0.3) is 0 Å². The number of anilines is 1. The smallest absolute Gasteiger partial charge is 0.226 e. The summed E-state index contributed by atoms with van der Waals surface area (Å²) < 4.78 is 0. The Morgan fingerprint density at radius 2 is 1.57 bits per heavy atom. The number of amides is 1. The number of benzene rings is 2. The Morgan fingerprint density at radius 1 is 1.00 bits per heavy atom. The molecular formula is C19H23NO. The molecule has 21 heavy (non-hydrogen) atoms. The van der Waals surface area contributed by atoms with E-state index < -0.39 is 0 Å². The summed E-state index contributed by atoms with van der Waals surface area (Å²) in [5, 5.41) is 0. The van der Waals surface area contributed by atoms with Crippen molar-refractivity contribution in [2.45, 2.75) is 26.2 Å². The number of carbonyl (C=O) groups is 1. The summed E-state index contributed by atoms with van der Waals surface area (Å²) in [6.07, 6.45) is 2.67. The van der Waals surface area contributed by atoms with Crippen molar-refractivity contribution in [2.75, 3.05) is 11.9 Å². The van der Waals surface area contributed by atoms with Gasteiger partial charge >= 0.3 is 0 Å². The lowest BCUT2D eigenvalue weighted by Crippen LogP contribution is -2.27. The molecule has 0 radical (unpaired) electrons. The lowest BCUT2D eigenvalue weighted by molar-refractivity contribution is -0.119. The predicted molar refractivity (Wildman–Crippen MR) is 88.4 cm³/mol. The first-order valence-corrected chi connectivity index (χ1v) is 7.52. The second kappa shape index (κ2) is 7.63. The summed E-state index contributed by atoms with van der Waals surface area (Å²) in [5.74, 6) is 0.575. The van der Waals surface area contributed by atoms with Crippen LogP contribution in [-0.4, -0.2) is 13.0 Å². The normalized spacial score (nSPS) is 11.9. The van der Waals surface area contributed by atoms with Crippen molar-refractivity contribution in [3.05, 3.63) is 66.2 Å². The van der Waals surface area contributed by atoms with Gasteiger partial charge in [-0.3, -0.25) is 4.79 Å². The van der Waals surface area contributed by atoms with Gasteiger partial charge in [-0.1, -0.05) is 55.5 Å². The van der Waals surface area contributed by atoms with E-state index in [9.17, 15) is 4.79 Å². The summed E-state index contributed by atoms with van der Waals surface area (Å²) >= 11 is 0. The molecule has 0 N–H and O–H groups in total. The molecule has 1 amide bonds. The van der Waals surface area contributed by atoms with E-state index in [1.54, 1.807) is 4.90 Å². The van der Waals surface area contributed by atoms with Gasteiger partial charge in [0.05, 0.1) is 0 Å². The number of nitrogens with zero attached hydrogens (tertiary/aromatic N) is 1. The minimum Gasteiger partial charge on any atom is -0.315 e. The Balaban J connectivity index is 1.82. The molecule has 0 heterocycles. The van der Waals surface area contributed by atoms with Gasteiger partial charge in [0, 0.05) is 19.2 Å². The highest BCUT2D eigenvalue weighted by atomic mass is 16.2. The van der Waals surface area contributed by atoms with Crippen molar-refractivity contribution in [1.29, 1.82) is 0 Å². The van der Waals surface area contributed by atoms with E-state index >= 15 is 0 Å². The quantitative estimate of drug-likeness (QED) is 0.772. The maximum Gasteiger partial charge on any atom is 0.226 e. The van der Waals surface area contributed by atoms with E-state index in [2.05, 4.69) is 31.2 Å². The first-order valence-electron chi connectivity index (χ1n) is 7.52. The van der Waals surface area contributed by atoms with E-state index in [-0.39, 0.29) is 5.91 Å². The van der Waals surface area contributed by atoms with Crippen LogP contribution in [0.4, 0.5) is 5.69 Å². The third-order valence-corrected chi connectivity index (χ3v) is 3.81. The van der Waals surface area contributed by atoms with Gasteiger partial charge < -0.3 is 4.90 Å². The first kappa shape index (κ1) is 15.3. The lowest BCUT2D eigenvalue weighted by Gasteiger charge is -2.19. The number of aryl methyl sites for hydroxylation is 1. The first-order chi connectivity index (χ1) is 10.2. The molecule has 0 saturated carbocycles. The SMILES string of the molecule is C[C@@H](CCc1ccccc1)CC(=O)N(C)c1ccccc1. The van der Waals surface area contributed by atoms with Crippen LogP contribution in [0.5, 0.6) is 0 Å². The Labute approximate surface area is 127 Å². The highest BCUT2D eigenvalue weighted by molar-refractivity contribution is 5.92. The van der Waals surface area contributed by atoms with Gasteiger partial charge in [0.2, 0.25) is 5.91 Å². The fourth-order valence-electron chi connectivity index (χ4n) is 2.39. The van der Waals surface area contributed by atoms with Gasteiger partial charge in [-0.25, -0.2) is 0 Å².